The van der Waals surface area contributed by atoms with E-state index in [9.17, 15) is 24.0 Å². The molecule has 4 aliphatic heterocycles. The van der Waals surface area contributed by atoms with Crippen LogP contribution in [0.3, 0.4) is 0 Å². The number of benzene rings is 7. The van der Waals surface area contributed by atoms with Crippen LogP contribution in [0.1, 0.15) is 153 Å². The van der Waals surface area contributed by atoms with E-state index >= 15 is 0 Å². The van der Waals surface area contributed by atoms with Gasteiger partial charge in [-0.1, -0.05) is 115 Å². The van der Waals surface area contributed by atoms with E-state index in [0.717, 1.165) is 102 Å². The average molecular weight is 1290 g/mol. The zero-order chi connectivity index (χ0) is 64.6. The monoisotopic (exact) mass is 1290 g/mol. The van der Waals surface area contributed by atoms with Crippen LogP contribution in [-0.4, -0.2) is 76.1 Å². The first-order valence-electron chi connectivity index (χ1n) is 31.7. The minimum atomic E-state index is -0.205. The highest BCUT2D eigenvalue weighted by atomic mass is 35.5. The van der Waals surface area contributed by atoms with Crippen LogP contribution in [0.4, 0.5) is 28.4 Å². The van der Waals surface area contributed by atoms with Gasteiger partial charge in [0.05, 0.1) is 49.7 Å². The van der Waals surface area contributed by atoms with E-state index in [1.54, 1.807) is 41.1 Å². The first kappa shape index (κ1) is 64.6. The van der Waals surface area contributed by atoms with Gasteiger partial charge in [0.15, 0.2) is 0 Å². The van der Waals surface area contributed by atoms with E-state index < -0.39 is 0 Å². The maximum Gasteiger partial charge on any atom is 0.260 e. The normalized spacial score (nSPS) is 15.8. The highest BCUT2D eigenvalue weighted by Crippen LogP contribution is 2.40. The lowest BCUT2D eigenvalue weighted by molar-refractivity contribution is -0.122. The number of nitrogens with one attached hydrogen (secondary N) is 2. The Bertz CT molecular complexity index is 4190. The van der Waals surface area contributed by atoms with Crippen LogP contribution in [0, 0.1) is 13.8 Å². The quantitative estimate of drug-likeness (QED) is 0.139. The van der Waals surface area contributed by atoms with Crippen LogP contribution in [0.15, 0.2) is 182 Å². The molecule has 13 rings (SSSR count). The zero-order valence-electron chi connectivity index (χ0n) is 52.6. The average Bonchev–Trinajstić information content (AvgIpc) is 1.54. The van der Waals surface area contributed by atoms with Crippen molar-refractivity contribution in [2.75, 3.05) is 51.1 Å². The van der Waals surface area contributed by atoms with Crippen LogP contribution >= 0.6 is 34.8 Å². The molecular weight excluding hydrogens is 1210 g/mol. The molecule has 6 heterocycles. The molecule has 14 nitrogen and oxygen atoms in total. The SMILES string of the molecule is CC(C)NC(=O)CC1CCCN(C(=O)c2ccc(N3CCCC3)cc2Cl)c2ccccc21.Cc1ccccc1C(=O)Nc1ccc(C(=O)N2CCCC(C)c3ccccc32)c(Cl)c1.Cc1ccn(-c2ccc(C(=O)N3Cc4cccn4Cc4ccccc43)c(Cl)c2)n1. The number of rotatable bonds is 10. The molecule has 7 aromatic carbocycles. The van der Waals surface area contributed by atoms with Crippen LogP contribution in [0.2, 0.25) is 15.1 Å². The minimum absolute atomic E-state index is 0.0557. The van der Waals surface area contributed by atoms with Crippen molar-refractivity contribution in [3.05, 3.63) is 253 Å². The summed E-state index contributed by atoms with van der Waals surface area (Å²) < 4.78 is 3.93. The Morgan fingerprint density at radius 1 is 0.543 bits per heavy atom. The standard InChI is InChI=1S/C26H32ClN3O2.C26H25ClN2O2.C23H19ClN4O/c1-18(2)28-25(31)16-19-8-7-15-30(24-10-4-3-9-21(19)24)26(32)22-12-11-20(17-23(22)27)29-13-5-6-14-29;1-17-9-7-15-29(24-12-6-5-10-20(17)24)26(31)22-14-13-19(16-23(22)27)28-25(30)21-11-4-3-8-18(21)2;1-16-10-12-28(25-16)18-8-9-20(21(24)13-18)23(29)27-15-19-6-4-11-26(19)14-17-5-2-3-7-22(17)27/h3-4,9-12,17-19H,5-8,13-16H2,1-2H3,(H,28,31);3-6,8,10-14,16-17H,7,9,15H2,1-2H3,(H,28,30);2-13H,14-15H2,1H3. The zero-order valence-corrected chi connectivity index (χ0v) is 54.8. The van der Waals surface area contributed by atoms with Crippen molar-refractivity contribution in [1.29, 1.82) is 0 Å². The molecule has 472 valence electrons. The molecule has 17 heteroatoms. The van der Waals surface area contributed by atoms with Crippen molar-refractivity contribution in [3.63, 3.8) is 0 Å². The summed E-state index contributed by atoms with van der Waals surface area (Å²) in [6.45, 7) is 14.6. The number of para-hydroxylation sites is 3. The summed E-state index contributed by atoms with van der Waals surface area (Å²) in [4.78, 5) is 73.4. The maximum absolute atomic E-state index is 13.6. The van der Waals surface area contributed by atoms with Gasteiger partial charge in [-0.25, -0.2) is 4.68 Å². The molecule has 2 N–H and O–H groups in total. The van der Waals surface area contributed by atoms with Gasteiger partial charge in [0, 0.05) is 97.3 Å². The third-order valence-electron chi connectivity index (χ3n) is 17.5. The smallest absolute Gasteiger partial charge is 0.260 e. The molecule has 0 radical (unpaired) electrons. The molecule has 0 bridgehead atoms. The highest BCUT2D eigenvalue weighted by Gasteiger charge is 2.32. The number of amides is 5. The molecule has 2 atom stereocenters. The number of aryl methyl sites for hydroxylation is 2. The number of carbonyl (C=O) groups excluding carboxylic acids is 5. The Labute approximate surface area is 553 Å². The minimum Gasteiger partial charge on any atom is -0.371 e. The molecule has 0 spiro atoms. The van der Waals surface area contributed by atoms with Crippen molar-refractivity contribution in [2.24, 2.45) is 0 Å². The predicted molar refractivity (Wildman–Crippen MR) is 371 cm³/mol. The molecule has 0 saturated carbocycles. The second-order valence-electron chi connectivity index (χ2n) is 24.4. The van der Waals surface area contributed by atoms with Gasteiger partial charge in [-0.05, 0) is 197 Å². The molecule has 5 amide bonds. The Balaban J connectivity index is 0.000000141. The summed E-state index contributed by atoms with van der Waals surface area (Å²) in [5, 5.41) is 11.5. The third-order valence-corrected chi connectivity index (χ3v) is 18.5. The van der Waals surface area contributed by atoms with Gasteiger partial charge in [-0.15, -0.1) is 0 Å². The fourth-order valence-corrected chi connectivity index (χ4v) is 13.6. The molecule has 1 saturated heterocycles. The number of anilines is 5. The Hall–Kier alpha value is -8.95. The summed E-state index contributed by atoms with van der Waals surface area (Å²) in [6, 6.07) is 53.8. The fourth-order valence-electron chi connectivity index (χ4n) is 12.8. The number of hydrogen-bond acceptors (Lipinski definition) is 7. The fraction of sp³-hybridized carbons (Fsp3) is 0.280. The summed E-state index contributed by atoms with van der Waals surface area (Å²) in [7, 11) is 0. The van der Waals surface area contributed by atoms with Crippen molar-refractivity contribution >= 4 is 92.8 Å². The van der Waals surface area contributed by atoms with Gasteiger partial charge in [0.25, 0.3) is 23.6 Å². The van der Waals surface area contributed by atoms with Crippen LogP contribution < -0.4 is 30.2 Å². The topological polar surface area (TPSA) is 145 Å². The first-order valence-corrected chi connectivity index (χ1v) is 32.8. The number of nitrogens with zero attached hydrogens (tertiary/aromatic N) is 7. The Kier molecular flexibility index (Phi) is 20.4. The number of carbonyl (C=O) groups is 5. The number of hydrogen-bond donors (Lipinski definition) is 2. The molecule has 1 fully saturated rings. The van der Waals surface area contributed by atoms with Gasteiger partial charge < -0.3 is 34.8 Å². The largest absolute Gasteiger partial charge is 0.371 e. The lowest BCUT2D eigenvalue weighted by Crippen LogP contribution is -2.32. The molecule has 2 unspecified atom stereocenters. The number of fused-ring (bicyclic) bond motifs is 4. The molecule has 4 aliphatic rings. The van der Waals surface area contributed by atoms with Crippen molar-refractivity contribution in [2.45, 2.75) is 111 Å². The van der Waals surface area contributed by atoms with E-state index in [4.69, 9.17) is 34.8 Å². The Morgan fingerprint density at radius 2 is 1.12 bits per heavy atom. The van der Waals surface area contributed by atoms with Crippen molar-refractivity contribution in [3.8, 4) is 5.69 Å². The summed E-state index contributed by atoms with van der Waals surface area (Å²) in [5.74, 6) is 0.0365. The molecule has 92 heavy (non-hydrogen) atoms. The second-order valence-corrected chi connectivity index (χ2v) is 25.6. The van der Waals surface area contributed by atoms with E-state index in [0.29, 0.717) is 75.0 Å². The van der Waals surface area contributed by atoms with Crippen LogP contribution in [-0.2, 0) is 17.9 Å². The van der Waals surface area contributed by atoms with E-state index in [2.05, 4.69) is 50.3 Å². The number of halogens is 3. The van der Waals surface area contributed by atoms with Crippen LogP contribution in [0.25, 0.3) is 5.69 Å². The molecule has 2 aromatic heterocycles. The summed E-state index contributed by atoms with van der Waals surface area (Å²) in [5.41, 5.74) is 13.5. The van der Waals surface area contributed by atoms with Crippen LogP contribution in [0.5, 0.6) is 0 Å². The first-order chi connectivity index (χ1) is 44.5. The van der Waals surface area contributed by atoms with Gasteiger partial charge in [-0.2, -0.15) is 5.10 Å². The molecule has 9 aromatic rings. The van der Waals surface area contributed by atoms with Gasteiger partial charge in [-0.3, -0.25) is 24.0 Å². The van der Waals surface area contributed by atoms with Crippen molar-refractivity contribution < 1.29 is 24.0 Å². The van der Waals surface area contributed by atoms with E-state index in [1.165, 1.54) is 18.4 Å². The second kappa shape index (κ2) is 29.1. The summed E-state index contributed by atoms with van der Waals surface area (Å²) in [6.07, 6.45) is 10.4. The summed E-state index contributed by atoms with van der Waals surface area (Å²) >= 11 is 19.7. The van der Waals surface area contributed by atoms with Gasteiger partial charge in [0.2, 0.25) is 5.91 Å². The Morgan fingerprint density at radius 3 is 1.77 bits per heavy atom. The van der Waals surface area contributed by atoms with Crippen molar-refractivity contribution in [1.82, 2.24) is 19.7 Å². The molecular formula is C75H76Cl3N9O5. The highest BCUT2D eigenvalue weighted by molar-refractivity contribution is 6.36. The predicted octanol–water partition coefficient (Wildman–Crippen LogP) is 16.7. The van der Waals surface area contributed by atoms with Gasteiger partial charge in [0.1, 0.15) is 0 Å². The molecule has 0 aliphatic carbocycles. The van der Waals surface area contributed by atoms with Gasteiger partial charge >= 0.3 is 0 Å². The van der Waals surface area contributed by atoms with E-state index in [-0.39, 0.29) is 41.5 Å². The van der Waals surface area contributed by atoms with E-state index in [1.807, 2.05) is 170 Å². The maximum atomic E-state index is 13.6. The third kappa shape index (κ3) is 14.7. The lowest BCUT2D eigenvalue weighted by Gasteiger charge is -2.25. The number of aromatic nitrogens is 3. The lowest BCUT2D eigenvalue weighted by atomic mass is 9.90.